The molecule has 0 fully saturated rings. The maximum Gasteiger partial charge on any atom is 0.227 e. The van der Waals surface area contributed by atoms with Gasteiger partial charge in [-0.25, -0.2) is 9.97 Å². The summed E-state index contributed by atoms with van der Waals surface area (Å²) in [6, 6.07) is 46.1. The van der Waals surface area contributed by atoms with Gasteiger partial charge in [0.2, 0.25) is 5.89 Å². The van der Waals surface area contributed by atoms with Crippen LogP contribution in [0.2, 0.25) is 0 Å². The lowest BCUT2D eigenvalue weighted by Gasteiger charge is -2.11. The normalized spacial score (nSPS) is 11.5. The Hall–Kier alpha value is -5.06. The Morgan fingerprint density at radius 3 is 1.88 bits per heavy atom. The molecule has 40 heavy (non-hydrogen) atoms. The van der Waals surface area contributed by atoms with Gasteiger partial charge in [0, 0.05) is 37.0 Å². The minimum Gasteiger partial charge on any atom is -0.436 e. The van der Waals surface area contributed by atoms with Crippen molar-refractivity contribution in [2.24, 2.45) is 0 Å². The predicted molar refractivity (Wildman–Crippen MR) is 166 cm³/mol. The molecule has 8 rings (SSSR count). The molecule has 5 aromatic carbocycles. The third kappa shape index (κ3) is 3.73. The first-order valence-electron chi connectivity index (χ1n) is 13.3. The van der Waals surface area contributed by atoms with Gasteiger partial charge >= 0.3 is 0 Å². The van der Waals surface area contributed by atoms with Crippen LogP contribution in [0.3, 0.4) is 0 Å². The summed E-state index contributed by atoms with van der Waals surface area (Å²) in [5, 5.41) is 2.37. The molecule has 0 radical (unpaired) electrons. The van der Waals surface area contributed by atoms with Crippen LogP contribution in [-0.2, 0) is 0 Å². The number of rotatable bonds is 4. The molecule has 8 aromatic rings. The van der Waals surface area contributed by atoms with E-state index in [0.717, 1.165) is 39.0 Å². The Bertz CT molecular complexity index is 2110. The van der Waals surface area contributed by atoms with Gasteiger partial charge in [-0.3, -0.25) is 0 Å². The highest BCUT2D eigenvalue weighted by atomic mass is 32.1. The molecule has 3 heterocycles. The van der Waals surface area contributed by atoms with Crippen LogP contribution in [0.25, 0.3) is 76.4 Å². The van der Waals surface area contributed by atoms with E-state index in [4.69, 9.17) is 14.4 Å². The van der Waals surface area contributed by atoms with Crippen LogP contribution < -0.4 is 0 Å². The first-order valence-corrected chi connectivity index (χ1v) is 14.1. The first-order chi connectivity index (χ1) is 19.8. The van der Waals surface area contributed by atoms with E-state index < -0.39 is 0 Å². The second-order valence-corrected chi connectivity index (χ2v) is 10.8. The van der Waals surface area contributed by atoms with Crippen molar-refractivity contribution in [1.29, 1.82) is 0 Å². The van der Waals surface area contributed by atoms with E-state index in [0.29, 0.717) is 5.89 Å². The summed E-state index contributed by atoms with van der Waals surface area (Å²) < 4.78 is 7.29. The lowest BCUT2D eigenvalue weighted by molar-refractivity contribution is 0.620. The van der Waals surface area contributed by atoms with E-state index >= 15 is 0 Å². The standard InChI is InChI=1S/C36H22N2OS/c1-3-11-23(12-4-1)31-32-33(24-13-5-2-6-14-24)37-28-16-8-7-15-27(28)35(32)40-34(31)25-19-21-26(22-20-25)36-38-29-17-9-10-18-30(29)39-36/h1-22H. The minimum atomic E-state index is 0.633. The predicted octanol–water partition coefficient (Wildman–Crippen LogP) is 10.3. The third-order valence-corrected chi connectivity index (χ3v) is 8.60. The molecule has 0 saturated heterocycles. The smallest absolute Gasteiger partial charge is 0.227 e. The van der Waals surface area contributed by atoms with E-state index in [1.165, 1.54) is 31.5 Å². The molecule has 0 N–H and O–H groups in total. The van der Waals surface area contributed by atoms with Gasteiger partial charge in [-0.15, -0.1) is 11.3 Å². The maximum atomic E-state index is 6.04. The van der Waals surface area contributed by atoms with Gasteiger partial charge in [0.25, 0.3) is 0 Å². The lowest BCUT2D eigenvalue weighted by atomic mass is 9.95. The van der Waals surface area contributed by atoms with Crippen molar-refractivity contribution < 1.29 is 4.42 Å². The SMILES string of the molecule is c1ccc(-c2nc3ccccc3c3sc(-c4ccc(-c5nc6ccccc6o5)cc4)c(-c4ccccc4)c23)cc1. The van der Waals surface area contributed by atoms with Crippen molar-refractivity contribution in [3.63, 3.8) is 0 Å². The Morgan fingerprint density at radius 2 is 1.12 bits per heavy atom. The van der Waals surface area contributed by atoms with Crippen molar-refractivity contribution in [3.8, 4) is 44.3 Å². The van der Waals surface area contributed by atoms with Crippen LogP contribution in [0.4, 0.5) is 0 Å². The second-order valence-electron chi connectivity index (χ2n) is 9.78. The highest BCUT2D eigenvalue weighted by Gasteiger charge is 2.22. The van der Waals surface area contributed by atoms with E-state index in [2.05, 4.69) is 109 Å². The molecule has 4 heteroatoms. The molecular weight excluding hydrogens is 508 g/mol. The van der Waals surface area contributed by atoms with Gasteiger partial charge in [0.15, 0.2) is 5.58 Å². The number of para-hydroxylation sites is 3. The van der Waals surface area contributed by atoms with Crippen LogP contribution in [0.5, 0.6) is 0 Å². The van der Waals surface area contributed by atoms with E-state index in [1.807, 2.05) is 35.6 Å². The van der Waals surface area contributed by atoms with Crippen molar-refractivity contribution in [1.82, 2.24) is 9.97 Å². The fraction of sp³-hybridized carbons (Fsp3) is 0. The molecule has 0 spiro atoms. The zero-order valence-corrected chi connectivity index (χ0v) is 22.2. The van der Waals surface area contributed by atoms with Gasteiger partial charge in [-0.2, -0.15) is 0 Å². The summed E-state index contributed by atoms with van der Waals surface area (Å²) in [5.41, 5.74) is 9.31. The molecule has 3 nitrogen and oxygen atoms in total. The number of fused-ring (bicyclic) bond motifs is 4. The Labute approximate surface area is 235 Å². The Kier molecular flexibility index (Phi) is 5.32. The average Bonchev–Trinajstić information content (AvgIpc) is 3.65. The van der Waals surface area contributed by atoms with Crippen molar-refractivity contribution in [3.05, 3.63) is 133 Å². The fourth-order valence-corrected chi connectivity index (χ4v) is 6.80. The quantitative estimate of drug-likeness (QED) is 0.227. The van der Waals surface area contributed by atoms with Crippen molar-refractivity contribution >= 4 is 43.4 Å². The number of pyridine rings is 1. The number of oxazole rings is 1. The summed E-state index contributed by atoms with van der Waals surface area (Å²) in [5.74, 6) is 0.633. The molecule has 0 aliphatic heterocycles. The number of nitrogens with zero attached hydrogens (tertiary/aromatic N) is 2. The van der Waals surface area contributed by atoms with E-state index in [1.54, 1.807) is 0 Å². The summed E-state index contributed by atoms with van der Waals surface area (Å²) in [7, 11) is 0. The zero-order chi connectivity index (χ0) is 26.5. The van der Waals surface area contributed by atoms with Crippen molar-refractivity contribution in [2.75, 3.05) is 0 Å². The summed E-state index contributed by atoms with van der Waals surface area (Å²) in [6.45, 7) is 0. The van der Waals surface area contributed by atoms with Gasteiger partial charge in [0.05, 0.1) is 11.2 Å². The van der Waals surface area contributed by atoms with E-state index in [-0.39, 0.29) is 0 Å². The number of thiophene rings is 1. The molecular formula is C36H22N2OS. The fourth-order valence-electron chi connectivity index (χ4n) is 5.43. The van der Waals surface area contributed by atoms with Crippen LogP contribution in [0, 0.1) is 0 Å². The van der Waals surface area contributed by atoms with Gasteiger partial charge in [0.1, 0.15) is 5.52 Å². The van der Waals surface area contributed by atoms with Gasteiger partial charge in [-0.1, -0.05) is 103 Å². The molecule has 0 bridgehead atoms. The highest BCUT2D eigenvalue weighted by molar-refractivity contribution is 7.24. The highest BCUT2D eigenvalue weighted by Crippen LogP contribution is 2.50. The molecule has 0 aliphatic rings. The summed E-state index contributed by atoms with van der Waals surface area (Å²) in [6.07, 6.45) is 0. The zero-order valence-electron chi connectivity index (χ0n) is 21.4. The van der Waals surface area contributed by atoms with Gasteiger partial charge in [-0.05, 0) is 41.5 Å². The molecule has 0 atom stereocenters. The van der Waals surface area contributed by atoms with E-state index in [9.17, 15) is 0 Å². The van der Waals surface area contributed by atoms with Crippen LogP contribution >= 0.6 is 11.3 Å². The molecule has 0 saturated carbocycles. The topological polar surface area (TPSA) is 38.9 Å². The van der Waals surface area contributed by atoms with Crippen LogP contribution in [0.15, 0.2) is 138 Å². The number of benzene rings is 5. The number of hydrogen-bond donors (Lipinski definition) is 0. The summed E-state index contributed by atoms with van der Waals surface area (Å²) >= 11 is 1.84. The molecule has 0 unspecified atom stereocenters. The van der Waals surface area contributed by atoms with Gasteiger partial charge < -0.3 is 4.42 Å². The summed E-state index contributed by atoms with van der Waals surface area (Å²) in [4.78, 5) is 11.1. The van der Waals surface area contributed by atoms with Crippen LogP contribution in [-0.4, -0.2) is 9.97 Å². The molecule has 0 aliphatic carbocycles. The second kappa shape index (κ2) is 9.30. The van der Waals surface area contributed by atoms with Crippen LogP contribution in [0.1, 0.15) is 0 Å². The largest absolute Gasteiger partial charge is 0.436 e. The van der Waals surface area contributed by atoms with Crippen molar-refractivity contribution in [2.45, 2.75) is 0 Å². The Morgan fingerprint density at radius 1 is 0.500 bits per heavy atom. The average molecular weight is 531 g/mol. The molecule has 3 aromatic heterocycles. The first kappa shape index (κ1) is 22.9. The maximum absolute atomic E-state index is 6.04. The Balaban J connectivity index is 1.39. The number of aromatic nitrogens is 2. The minimum absolute atomic E-state index is 0.633. The molecule has 188 valence electrons. The third-order valence-electron chi connectivity index (χ3n) is 7.32. The monoisotopic (exact) mass is 530 g/mol. The number of hydrogen-bond acceptors (Lipinski definition) is 4. The lowest BCUT2D eigenvalue weighted by Crippen LogP contribution is -1.89. The molecule has 0 amide bonds.